The standard InChI is InChI=1S/C7H12O2S/c1-5-3-7(5,10)4-9-6(2)8/h5,10H,3-4H2,1-2H3. The predicted octanol–water partition coefficient (Wildman–Crippen LogP) is 1.26. The van der Waals surface area contributed by atoms with Crippen LogP contribution >= 0.6 is 12.6 Å². The van der Waals surface area contributed by atoms with Crippen molar-refractivity contribution in [2.24, 2.45) is 5.92 Å². The number of carbonyl (C=O) groups excluding carboxylic acids is 1. The maximum absolute atomic E-state index is 10.4. The average molecular weight is 160 g/mol. The van der Waals surface area contributed by atoms with E-state index in [4.69, 9.17) is 4.74 Å². The Balaban J connectivity index is 2.21. The van der Waals surface area contributed by atoms with Crippen molar-refractivity contribution in [3.05, 3.63) is 0 Å². The Kier molecular flexibility index (Phi) is 1.95. The monoisotopic (exact) mass is 160 g/mol. The highest BCUT2D eigenvalue weighted by molar-refractivity contribution is 7.82. The van der Waals surface area contributed by atoms with E-state index in [0.717, 1.165) is 6.42 Å². The minimum absolute atomic E-state index is 0.00826. The van der Waals surface area contributed by atoms with Gasteiger partial charge in [-0.2, -0.15) is 12.6 Å². The van der Waals surface area contributed by atoms with E-state index < -0.39 is 0 Å². The number of rotatable bonds is 2. The van der Waals surface area contributed by atoms with Gasteiger partial charge in [-0.15, -0.1) is 0 Å². The van der Waals surface area contributed by atoms with Crippen molar-refractivity contribution in [1.29, 1.82) is 0 Å². The number of hydrogen-bond acceptors (Lipinski definition) is 3. The quantitative estimate of drug-likeness (QED) is 0.486. The number of ether oxygens (including phenoxy) is 1. The van der Waals surface area contributed by atoms with Gasteiger partial charge in [0.05, 0.1) is 4.75 Å². The summed E-state index contributed by atoms with van der Waals surface area (Å²) in [7, 11) is 0. The fourth-order valence-corrected chi connectivity index (χ4v) is 1.24. The van der Waals surface area contributed by atoms with E-state index in [1.165, 1.54) is 6.92 Å². The number of hydrogen-bond donors (Lipinski definition) is 1. The van der Waals surface area contributed by atoms with Crippen LogP contribution in [0.2, 0.25) is 0 Å². The Hall–Kier alpha value is -0.180. The Labute approximate surface area is 66.4 Å². The minimum Gasteiger partial charge on any atom is -0.464 e. The zero-order chi connectivity index (χ0) is 7.78. The van der Waals surface area contributed by atoms with E-state index in [2.05, 4.69) is 19.6 Å². The maximum atomic E-state index is 10.4. The van der Waals surface area contributed by atoms with Crippen LogP contribution in [0.3, 0.4) is 0 Å². The van der Waals surface area contributed by atoms with Gasteiger partial charge < -0.3 is 4.74 Å². The zero-order valence-electron chi connectivity index (χ0n) is 6.26. The molecule has 0 heterocycles. The summed E-state index contributed by atoms with van der Waals surface area (Å²) in [5, 5.41) is 0. The predicted molar refractivity (Wildman–Crippen MR) is 42.1 cm³/mol. The number of thiol groups is 1. The van der Waals surface area contributed by atoms with Gasteiger partial charge in [0.15, 0.2) is 0 Å². The third-order valence-corrected chi connectivity index (χ3v) is 2.69. The van der Waals surface area contributed by atoms with Crippen molar-refractivity contribution >= 4 is 18.6 Å². The van der Waals surface area contributed by atoms with Crippen molar-refractivity contribution in [2.45, 2.75) is 25.0 Å². The summed E-state index contributed by atoms with van der Waals surface area (Å²) in [6.07, 6.45) is 1.06. The molecule has 0 saturated heterocycles. The second-order valence-corrected chi connectivity index (χ2v) is 3.88. The summed E-state index contributed by atoms with van der Waals surface area (Å²) in [4.78, 5) is 10.4. The normalized spacial score (nSPS) is 37.3. The lowest BCUT2D eigenvalue weighted by Crippen LogP contribution is -2.14. The molecular formula is C7H12O2S. The maximum Gasteiger partial charge on any atom is 0.302 e. The molecule has 1 saturated carbocycles. The van der Waals surface area contributed by atoms with Gasteiger partial charge in [0.1, 0.15) is 6.61 Å². The van der Waals surface area contributed by atoms with Gasteiger partial charge in [-0.25, -0.2) is 0 Å². The van der Waals surface area contributed by atoms with Crippen LogP contribution in [0.25, 0.3) is 0 Å². The van der Waals surface area contributed by atoms with E-state index in [9.17, 15) is 4.79 Å². The molecule has 2 atom stereocenters. The van der Waals surface area contributed by atoms with E-state index in [-0.39, 0.29) is 10.7 Å². The molecule has 0 aliphatic heterocycles. The van der Waals surface area contributed by atoms with Crippen LogP contribution in [-0.4, -0.2) is 17.3 Å². The van der Waals surface area contributed by atoms with E-state index in [0.29, 0.717) is 12.5 Å². The molecule has 0 N–H and O–H groups in total. The molecule has 0 bridgehead atoms. The molecule has 0 aromatic carbocycles. The molecule has 58 valence electrons. The van der Waals surface area contributed by atoms with Gasteiger partial charge in [-0.3, -0.25) is 4.79 Å². The van der Waals surface area contributed by atoms with Crippen LogP contribution in [0.4, 0.5) is 0 Å². The second-order valence-electron chi connectivity index (χ2n) is 2.99. The molecule has 1 aliphatic rings. The summed E-state index contributed by atoms with van der Waals surface area (Å²) in [6.45, 7) is 3.99. The molecule has 1 fully saturated rings. The fourth-order valence-electron chi connectivity index (χ4n) is 0.899. The van der Waals surface area contributed by atoms with Gasteiger partial charge in [-0.05, 0) is 12.3 Å². The number of esters is 1. The molecule has 3 heteroatoms. The van der Waals surface area contributed by atoms with E-state index >= 15 is 0 Å². The molecule has 1 aliphatic carbocycles. The average Bonchev–Trinajstić information content (AvgIpc) is 2.38. The summed E-state index contributed by atoms with van der Waals surface area (Å²) in [6, 6.07) is 0. The van der Waals surface area contributed by atoms with Crippen molar-refractivity contribution < 1.29 is 9.53 Å². The molecule has 0 amide bonds. The van der Waals surface area contributed by atoms with Crippen LogP contribution in [0.1, 0.15) is 20.3 Å². The van der Waals surface area contributed by atoms with Gasteiger partial charge in [-0.1, -0.05) is 6.92 Å². The summed E-state index contributed by atoms with van der Waals surface area (Å²) < 4.78 is 4.82. The van der Waals surface area contributed by atoms with Crippen molar-refractivity contribution in [2.75, 3.05) is 6.61 Å². The van der Waals surface area contributed by atoms with Crippen molar-refractivity contribution in [3.63, 3.8) is 0 Å². The molecule has 2 unspecified atom stereocenters. The summed E-state index contributed by atoms with van der Waals surface area (Å²) in [5.74, 6) is 0.378. The molecule has 10 heavy (non-hydrogen) atoms. The molecule has 0 aromatic heterocycles. The summed E-state index contributed by atoms with van der Waals surface area (Å²) in [5.41, 5.74) is 0. The zero-order valence-corrected chi connectivity index (χ0v) is 7.15. The Morgan fingerprint density at radius 1 is 1.90 bits per heavy atom. The van der Waals surface area contributed by atoms with Crippen LogP contribution in [-0.2, 0) is 9.53 Å². The Morgan fingerprint density at radius 3 is 2.70 bits per heavy atom. The molecular weight excluding hydrogens is 148 g/mol. The van der Waals surface area contributed by atoms with Crippen molar-refractivity contribution in [3.8, 4) is 0 Å². The SMILES string of the molecule is CC(=O)OCC1(S)CC1C. The lowest BCUT2D eigenvalue weighted by atomic mass is 10.3. The molecule has 0 radical (unpaired) electrons. The van der Waals surface area contributed by atoms with Gasteiger partial charge in [0, 0.05) is 6.92 Å². The fraction of sp³-hybridized carbons (Fsp3) is 0.857. The van der Waals surface area contributed by atoms with Gasteiger partial charge >= 0.3 is 5.97 Å². The number of carbonyl (C=O) groups is 1. The first kappa shape index (κ1) is 7.92. The Morgan fingerprint density at radius 2 is 2.40 bits per heavy atom. The van der Waals surface area contributed by atoms with E-state index in [1.807, 2.05) is 0 Å². The van der Waals surface area contributed by atoms with Crippen LogP contribution < -0.4 is 0 Å². The third kappa shape index (κ3) is 1.66. The van der Waals surface area contributed by atoms with Gasteiger partial charge in [0.25, 0.3) is 0 Å². The topological polar surface area (TPSA) is 26.3 Å². The highest BCUT2D eigenvalue weighted by atomic mass is 32.1. The van der Waals surface area contributed by atoms with Crippen LogP contribution in [0.5, 0.6) is 0 Å². The first-order chi connectivity index (χ1) is 4.54. The van der Waals surface area contributed by atoms with Gasteiger partial charge in [0.2, 0.25) is 0 Å². The molecule has 1 rings (SSSR count). The lowest BCUT2D eigenvalue weighted by Gasteiger charge is -2.07. The minimum atomic E-state index is -0.215. The highest BCUT2D eigenvalue weighted by Crippen LogP contribution is 2.48. The summed E-state index contributed by atoms with van der Waals surface area (Å²) >= 11 is 4.36. The Bertz CT molecular complexity index is 158. The first-order valence-electron chi connectivity index (χ1n) is 3.40. The van der Waals surface area contributed by atoms with Crippen molar-refractivity contribution in [1.82, 2.24) is 0 Å². The molecule has 0 spiro atoms. The second kappa shape index (κ2) is 2.46. The van der Waals surface area contributed by atoms with E-state index in [1.54, 1.807) is 0 Å². The van der Waals surface area contributed by atoms with Crippen LogP contribution in [0.15, 0.2) is 0 Å². The molecule has 0 aromatic rings. The van der Waals surface area contributed by atoms with Crippen LogP contribution in [0, 0.1) is 5.92 Å². The lowest BCUT2D eigenvalue weighted by molar-refractivity contribution is -0.141. The molecule has 2 nitrogen and oxygen atoms in total. The first-order valence-corrected chi connectivity index (χ1v) is 3.85. The smallest absolute Gasteiger partial charge is 0.302 e. The largest absolute Gasteiger partial charge is 0.464 e. The highest BCUT2D eigenvalue weighted by Gasteiger charge is 2.48. The third-order valence-electron chi connectivity index (χ3n) is 1.94.